The number of aromatic amines is 1. The van der Waals surface area contributed by atoms with Crippen LogP contribution in [-0.4, -0.2) is 35.2 Å². The van der Waals surface area contributed by atoms with Crippen molar-refractivity contribution in [2.45, 2.75) is 65.0 Å². The molecule has 3 aromatic rings. The zero-order valence-corrected chi connectivity index (χ0v) is 20.0. The van der Waals surface area contributed by atoms with Gasteiger partial charge in [-0.25, -0.2) is 4.79 Å². The van der Waals surface area contributed by atoms with Crippen LogP contribution in [0.5, 0.6) is 0 Å². The van der Waals surface area contributed by atoms with Crippen molar-refractivity contribution in [2.24, 2.45) is 0 Å². The summed E-state index contributed by atoms with van der Waals surface area (Å²) in [6, 6.07) is 18.2. The van der Waals surface area contributed by atoms with Gasteiger partial charge < -0.3 is 20.4 Å². The fraction of sp³-hybridized carbons (Fsp3) is 0.407. The minimum absolute atomic E-state index is 0.189. The number of H-pyrrole nitrogens is 1. The molecule has 1 aromatic heterocycles. The van der Waals surface area contributed by atoms with Gasteiger partial charge in [-0.05, 0) is 56.9 Å². The molecule has 0 saturated heterocycles. The molecule has 176 valence electrons. The predicted molar refractivity (Wildman–Crippen MR) is 133 cm³/mol. The van der Waals surface area contributed by atoms with E-state index >= 15 is 0 Å². The number of carbonyl (C=O) groups is 2. The number of alkyl carbamates (subject to hydrolysis) is 1. The molecule has 0 spiro atoms. The summed E-state index contributed by atoms with van der Waals surface area (Å²) in [7, 11) is 0. The molecule has 0 unspecified atom stereocenters. The number of ether oxygens (including phenoxy) is 1. The van der Waals surface area contributed by atoms with Gasteiger partial charge in [-0.3, -0.25) is 4.79 Å². The molecule has 6 nitrogen and oxygen atoms in total. The van der Waals surface area contributed by atoms with E-state index in [1.165, 1.54) is 11.1 Å². The minimum atomic E-state index is -0.563. The summed E-state index contributed by atoms with van der Waals surface area (Å²) in [6.07, 6.45) is 3.10. The number of rotatable bonds is 9. The van der Waals surface area contributed by atoms with Crippen molar-refractivity contribution >= 4 is 22.9 Å². The summed E-state index contributed by atoms with van der Waals surface area (Å²) < 4.78 is 5.36. The van der Waals surface area contributed by atoms with Gasteiger partial charge in [-0.1, -0.05) is 62.2 Å². The topological polar surface area (TPSA) is 83.2 Å². The third-order valence-corrected chi connectivity index (χ3v) is 5.32. The van der Waals surface area contributed by atoms with E-state index in [0.717, 1.165) is 36.6 Å². The smallest absolute Gasteiger partial charge is 0.407 e. The molecule has 0 bridgehead atoms. The summed E-state index contributed by atoms with van der Waals surface area (Å²) in [5, 5.41) is 6.83. The second-order valence-corrected chi connectivity index (χ2v) is 9.46. The molecule has 3 N–H and O–H groups in total. The number of unbranched alkanes of at least 4 members (excludes halogenated alkanes) is 1. The number of amides is 2. The highest BCUT2D eigenvalue weighted by molar-refractivity contribution is 5.98. The Morgan fingerprint density at radius 3 is 2.48 bits per heavy atom. The molecular weight excluding hydrogens is 414 g/mol. The fourth-order valence-electron chi connectivity index (χ4n) is 3.70. The maximum Gasteiger partial charge on any atom is 0.407 e. The van der Waals surface area contributed by atoms with Crippen LogP contribution in [0.2, 0.25) is 0 Å². The highest BCUT2D eigenvalue weighted by Crippen LogP contribution is 2.19. The van der Waals surface area contributed by atoms with E-state index in [0.29, 0.717) is 12.2 Å². The van der Waals surface area contributed by atoms with Crippen LogP contribution in [-0.2, 0) is 11.2 Å². The SMILES string of the molecule is CCCC[C@@H](CNC(=O)c1cc2ccc(Cc3ccccc3)cc2[nH]1)NC(=O)OC(C)(C)C. The summed E-state index contributed by atoms with van der Waals surface area (Å²) in [5.41, 5.74) is 3.31. The Balaban J connectivity index is 1.62. The van der Waals surface area contributed by atoms with Crippen molar-refractivity contribution in [3.8, 4) is 0 Å². The van der Waals surface area contributed by atoms with E-state index in [9.17, 15) is 9.59 Å². The summed E-state index contributed by atoms with van der Waals surface area (Å²) >= 11 is 0. The predicted octanol–water partition coefficient (Wildman–Crippen LogP) is 5.57. The van der Waals surface area contributed by atoms with Gasteiger partial charge in [0.1, 0.15) is 11.3 Å². The van der Waals surface area contributed by atoms with Gasteiger partial charge in [0.15, 0.2) is 0 Å². The van der Waals surface area contributed by atoms with Crippen molar-refractivity contribution in [1.82, 2.24) is 15.6 Å². The molecule has 0 aliphatic rings. The van der Waals surface area contributed by atoms with E-state index < -0.39 is 11.7 Å². The van der Waals surface area contributed by atoms with Crippen LogP contribution in [0.25, 0.3) is 10.9 Å². The number of fused-ring (bicyclic) bond motifs is 1. The highest BCUT2D eigenvalue weighted by atomic mass is 16.6. The van der Waals surface area contributed by atoms with Crippen molar-refractivity contribution in [3.05, 3.63) is 71.4 Å². The Bertz CT molecular complexity index is 1070. The van der Waals surface area contributed by atoms with Crippen molar-refractivity contribution < 1.29 is 14.3 Å². The molecule has 0 fully saturated rings. The zero-order valence-electron chi connectivity index (χ0n) is 20.0. The third kappa shape index (κ3) is 7.67. The monoisotopic (exact) mass is 449 g/mol. The van der Waals surface area contributed by atoms with Crippen LogP contribution in [0.3, 0.4) is 0 Å². The van der Waals surface area contributed by atoms with Gasteiger partial charge in [0, 0.05) is 23.5 Å². The second kappa shape index (κ2) is 11.0. The fourth-order valence-corrected chi connectivity index (χ4v) is 3.70. The van der Waals surface area contributed by atoms with Crippen LogP contribution in [0.1, 0.15) is 68.6 Å². The maximum absolute atomic E-state index is 12.8. The zero-order chi connectivity index (χ0) is 23.8. The molecule has 2 amide bonds. The summed E-state index contributed by atoms with van der Waals surface area (Å²) in [4.78, 5) is 28.2. The maximum atomic E-state index is 12.8. The lowest BCUT2D eigenvalue weighted by atomic mass is 10.0. The van der Waals surface area contributed by atoms with Gasteiger partial charge in [-0.2, -0.15) is 0 Å². The van der Waals surface area contributed by atoms with Gasteiger partial charge in [0.25, 0.3) is 5.91 Å². The first kappa shape index (κ1) is 24.4. The lowest BCUT2D eigenvalue weighted by molar-refractivity contribution is 0.0498. The van der Waals surface area contributed by atoms with Gasteiger partial charge in [0.2, 0.25) is 0 Å². The molecule has 1 heterocycles. The van der Waals surface area contributed by atoms with Crippen LogP contribution < -0.4 is 10.6 Å². The first-order chi connectivity index (χ1) is 15.7. The first-order valence-corrected chi connectivity index (χ1v) is 11.7. The van der Waals surface area contributed by atoms with Crippen molar-refractivity contribution in [2.75, 3.05) is 6.54 Å². The number of carbonyl (C=O) groups excluding carboxylic acids is 2. The largest absolute Gasteiger partial charge is 0.444 e. The van der Waals surface area contributed by atoms with E-state index in [2.05, 4.69) is 46.8 Å². The Morgan fingerprint density at radius 1 is 1.03 bits per heavy atom. The molecule has 2 aromatic carbocycles. The Hall–Kier alpha value is -3.28. The Kier molecular flexibility index (Phi) is 8.15. The van der Waals surface area contributed by atoms with Gasteiger partial charge >= 0.3 is 6.09 Å². The molecule has 6 heteroatoms. The Morgan fingerprint density at radius 2 is 1.79 bits per heavy atom. The van der Waals surface area contributed by atoms with Gasteiger partial charge in [-0.15, -0.1) is 0 Å². The molecular formula is C27H35N3O3. The molecule has 1 atom stereocenters. The normalized spacial score (nSPS) is 12.4. The molecule has 0 saturated carbocycles. The quantitative estimate of drug-likeness (QED) is 0.399. The summed E-state index contributed by atoms with van der Waals surface area (Å²) in [6.45, 7) is 7.93. The van der Waals surface area contributed by atoms with Crippen LogP contribution in [0.15, 0.2) is 54.6 Å². The van der Waals surface area contributed by atoms with E-state index in [4.69, 9.17) is 4.74 Å². The lowest BCUT2D eigenvalue weighted by Crippen LogP contribution is -2.45. The van der Waals surface area contributed by atoms with E-state index in [1.807, 2.05) is 51.1 Å². The average molecular weight is 450 g/mol. The van der Waals surface area contributed by atoms with Gasteiger partial charge in [0.05, 0.1) is 0 Å². The number of nitrogens with one attached hydrogen (secondary N) is 3. The number of aromatic nitrogens is 1. The van der Waals surface area contributed by atoms with Crippen molar-refractivity contribution in [1.29, 1.82) is 0 Å². The molecule has 0 aliphatic carbocycles. The highest BCUT2D eigenvalue weighted by Gasteiger charge is 2.20. The summed E-state index contributed by atoms with van der Waals surface area (Å²) in [5.74, 6) is -0.191. The van der Waals surface area contributed by atoms with Crippen LogP contribution in [0, 0.1) is 0 Å². The van der Waals surface area contributed by atoms with E-state index in [-0.39, 0.29) is 11.9 Å². The van der Waals surface area contributed by atoms with Crippen molar-refractivity contribution in [3.63, 3.8) is 0 Å². The van der Waals surface area contributed by atoms with Crippen LogP contribution in [0.4, 0.5) is 4.79 Å². The molecule has 3 rings (SSSR count). The minimum Gasteiger partial charge on any atom is -0.444 e. The molecule has 0 aliphatic heterocycles. The lowest BCUT2D eigenvalue weighted by Gasteiger charge is -2.23. The Labute approximate surface area is 196 Å². The number of hydrogen-bond donors (Lipinski definition) is 3. The standard InChI is InChI=1S/C27H35N3O3/c1-5-6-12-22(29-26(32)33-27(2,3)4)18-28-25(31)24-17-21-14-13-20(16-23(21)30-24)15-19-10-8-7-9-11-19/h7-11,13-14,16-17,22,30H,5-6,12,15,18H2,1-4H3,(H,28,31)(H,29,32)/t22-/m0/s1. The molecule has 33 heavy (non-hydrogen) atoms. The third-order valence-electron chi connectivity index (χ3n) is 5.32. The molecule has 0 radical (unpaired) electrons. The number of benzene rings is 2. The van der Waals surface area contributed by atoms with Crippen LogP contribution >= 0.6 is 0 Å². The second-order valence-electron chi connectivity index (χ2n) is 9.46. The van der Waals surface area contributed by atoms with E-state index in [1.54, 1.807) is 0 Å². The number of hydrogen-bond acceptors (Lipinski definition) is 3. The first-order valence-electron chi connectivity index (χ1n) is 11.7. The average Bonchev–Trinajstić information content (AvgIpc) is 3.18.